The summed E-state index contributed by atoms with van der Waals surface area (Å²) in [4.78, 5) is 24.0. The van der Waals surface area contributed by atoms with E-state index in [0.29, 0.717) is 17.2 Å². The van der Waals surface area contributed by atoms with Crippen LogP contribution in [0.1, 0.15) is 45.1 Å². The first-order chi connectivity index (χ1) is 13.5. The van der Waals surface area contributed by atoms with Gasteiger partial charge in [-0.3, -0.25) is 4.79 Å². The topological polar surface area (TPSA) is 97.7 Å². The van der Waals surface area contributed by atoms with E-state index < -0.39 is 6.16 Å². The van der Waals surface area contributed by atoms with E-state index in [0.717, 1.165) is 19.3 Å². The standard InChI is InChI=1S/C21H26N2O5/c1-4-27-21(25)28-18-10-9-15(12-19(18)26-3)11-16(13-22)20(24)23-17-8-6-5-7-14(17)2/h9-12,14,17H,4-8H2,1-3H3,(H,23,24)/b16-11+/t14-,17+/m0/s1. The zero-order valence-corrected chi connectivity index (χ0v) is 16.5. The van der Waals surface area contributed by atoms with Crippen LogP contribution in [0.15, 0.2) is 23.8 Å². The van der Waals surface area contributed by atoms with Crippen molar-refractivity contribution in [2.24, 2.45) is 5.92 Å². The van der Waals surface area contributed by atoms with Crippen LogP contribution in [-0.4, -0.2) is 31.8 Å². The molecule has 1 aliphatic carbocycles. The number of hydrogen-bond donors (Lipinski definition) is 1. The van der Waals surface area contributed by atoms with Crippen molar-refractivity contribution >= 4 is 18.1 Å². The molecule has 0 spiro atoms. The molecule has 28 heavy (non-hydrogen) atoms. The molecule has 1 aromatic rings. The van der Waals surface area contributed by atoms with Gasteiger partial charge in [0.1, 0.15) is 11.6 Å². The predicted octanol–water partition coefficient (Wildman–Crippen LogP) is 3.83. The van der Waals surface area contributed by atoms with Crippen LogP contribution in [0.3, 0.4) is 0 Å². The second kappa shape index (κ2) is 10.4. The van der Waals surface area contributed by atoms with Crippen molar-refractivity contribution in [2.45, 2.75) is 45.6 Å². The van der Waals surface area contributed by atoms with Crippen molar-refractivity contribution in [1.29, 1.82) is 5.26 Å². The molecule has 0 bridgehead atoms. The maximum atomic E-state index is 12.5. The van der Waals surface area contributed by atoms with Gasteiger partial charge >= 0.3 is 6.16 Å². The average Bonchev–Trinajstić information content (AvgIpc) is 2.68. The molecular weight excluding hydrogens is 360 g/mol. The molecule has 0 saturated heterocycles. The Hall–Kier alpha value is -3.01. The molecule has 7 nitrogen and oxygen atoms in total. The van der Waals surface area contributed by atoms with E-state index in [2.05, 4.69) is 12.2 Å². The fourth-order valence-electron chi connectivity index (χ4n) is 3.19. The fraction of sp³-hybridized carbons (Fsp3) is 0.476. The molecule has 1 aliphatic rings. The summed E-state index contributed by atoms with van der Waals surface area (Å²) in [5.74, 6) is 0.501. The number of methoxy groups -OCH3 is 1. The third-order valence-corrected chi connectivity index (χ3v) is 4.75. The first-order valence-electron chi connectivity index (χ1n) is 9.43. The molecule has 7 heteroatoms. The number of nitrogens with zero attached hydrogens (tertiary/aromatic N) is 1. The molecule has 2 atom stereocenters. The minimum absolute atomic E-state index is 0.0129. The number of carbonyl (C=O) groups is 2. The molecule has 0 radical (unpaired) electrons. The number of nitriles is 1. The lowest BCUT2D eigenvalue weighted by atomic mass is 9.86. The van der Waals surface area contributed by atoms with Gasteiger partial charge in [-0.1, -0.05) is 25.8 Å². The largest absolute Gasteiger partial charge is 0.513 e. The molecule has 1 aromatic carbocycles. The molecule has 1 fully saturated rings. The van der Waals surface area contributed by atoms with Gasteiger partial charge in [0.05, 0.1) is 13.7 Å². The maximum Gasteiger partial charge on any atom is 0.513 e. The zero-order chi connectivity index (χ0) is 20.5. The Labute approximate surface area is 165 Å². The Kier molecular flexibility index (Phi) is 7.88. The van der Waals surface area contributed by atoms with Gasteiger partial charge < -0.3 is 19.5 Å². The molecule has 150 valence electrons. The highest BCUT2D eigenvalue weighted by Gasteiger charge is 2.24. The lowest BCUT2D eigenvalue weighted by molar-refractivity contribution is -0.118. The van der Waals surface area contributed by atoms with Crippen LogP contribution in [0.5, 0.6) is 11.5 Å². The third-order valence-electron chi connectivity index (χ3n) is 4.75. The van der Waals surface area contributed by atoms with Crippen LogP contribution in [0.25, 0.3) is 6.08 Å². The second-order valence-corrected chi connectivity index (χ2v) is 6.71. The molecular formula is C21H26N2O5. The summed E-state index contributed by atoms with van der Waals surface area (Å²) >= 11 is 0. The van der Waals surface area contributed by atoms with Crippen LogP contribution in [-0.2, 0) is 9.53 Å². The number of nitrogens with one attached hydrogen (secondary N) is 1. The Morgan fingerprint density at radius 2 is 2.04 bits per heavy atom. The highest BCUT2D eigenvalue weighted by molar-refractivity contribution is 6.01. The molecule has 0 aromatic heterocycles. The van der Waals surface area contributed by atoms with Crippen molar-refractivity contribution in [3.63, 3.8) is 0 Å². The molecule has 2 rings (SSSR count). The monoisotopic (exact) mass is 386 g/mol. The molecule has 1 saturated carbocycles. The van der Waals surface area contributed by atoms with Gasteiger partial charge in [-0.15, -0.1) is 0 Å². The third kappa shape index (κ3) is 5.74. The van der Waals surface area contributed by atoms with Crippen LogP contribution < -0.4 is 14.8 Å². The van der Waals surface area contributed by atoms with Crippen molar-refractivity contribution < 1.29 is 23.8 Å². The number of ether oxygens (including phenoxy) is 3. The summed E-state index contributed by atoms with van der Waals surface area (Å²) in [6.45, 7) is 3.99. The van der Waals surface area contributed by atoms with Crippen molar-refractivity contribution in [2.75, 3.05) is 13.7 Å². The molecule has 0 heterocycles. The first kappa shape index (κ1) is 21.3. The fourth-order valence-corrected chi connectivity index (χ4v) is 3.19. The minimum atomic E-state index is -0.831. The van der Waals surface area contributed by atoms with Crippen LogP contribution >= 0.6 is 0 Å². The predicted molar refractivity (Wildman–Crippen MR) is 104 cm³/mol. The van der Waals surface area contributed by atoms with E-state index in [-0.39, 0.29) is 29.9 Å². The summed E-state index contributed by atoms with van der Waals surface area (Å²) in [5, 5.41) is 12.4. The van der Waals surface area contributed by atoms with Crippen molar-refractivity contribution in [3.05, 3.63) is 29.3 Å². The van der Waals surface area contributed by atoms with E-state index in [4.69, 9.17) is 14.2 Å². The summed E-state index contributed by atoms with van der Waals surface area (Å²) in [7, 11) is 1.43. The summed E-state index contributed by atoms with van der Waals surface area (Å²) < 4.78 is 15.0. The van der Waals surface area contributed by atoms with Gasteiger partial charge in [0.2, 0.25) is 0 Å². The summed E-state index contributed by atoms with van der Waals surface area (Å²) in [6, 6.07) is 6.79. The van der Waals surface area contributed by atoms with Crippen molar-refractivity contribution in [1.82, 2.24) is 5.32 Å². The molecule has 0 unspecified atom stereocenters. The average molecular weight is 386 g/mol. The highest BCUT2D eigenvalue weighted by Crippen LogP contribution is 2.29. The number of benzene rings is 1. The summed E-state index contributed by atoms with van der Waals surface area (Å²) in [5.41, 5.74) is 0.593. The lowest BCUT2D eigenvalue weighted by Gasteiger charge is -2.29. The second-order valence-electron chi connectivity index (χ2n) is 6.71. The first-order valence-corrected chi connectivity index (χ1v) is 9.43. The Morgan fingerprint density at radius 1 is 1.29 bits per heavy atom. The van der Waals surface area contributed by atoms with Gasteiger partial charge in [0, 0.05) is 6.04 Å². The number of carbonyl (C=O) groups excluding carboxylic acids is 2. The van der Waals surface area contributed by atoms with Gasteiger partial charge in [0.25, 0.3) is 5.91 Å². The SMILES string of the molecule is CCOC(=O)Oc1ccc(/C=C(\C#N)C(=O)N[C@@H]2CCCC[C@@H]2C)cc1OC. The lowest BCUT2D eigenvalue weighted by Crippen LogP contribution is -2.41. The molecule has 0 aliphatic heterocycles. The highest BCUT2D eigenvalue weighted by atomic mass is 16.7. The zero-order valence-electron chi connectivity index (χ0n) is 16.5. The Bertz CT molecular complexity index is 781. The molecule has 1 N–H and O–H groups in total. The Balaban J connectivity index is 2.15. The van der Waals surface area contributed by atoms with E-state index in [9.17, 15) is 14.9 Å². The van der Waals surface area contributed by atoms with E-state index in [1.54, 1.807) is 19.1 Å². The number of rotatable bonds is 6. The van der Waals surface area contributed by atoms with Crippen molar-refractivity contribution in [3.8, 4) is 17.6 Å². The molecule has 1 amide bonds. The normalized spacial score (nSPS) is 19.3. The van der Waals surface area contributed by atoms with Gasteiger partial charge in [-0.2, -0.15) is 5.26 Å². The summed E-state index contributed by atoms with van der Waals surface area (Å²) in [6.07, 6.45) is 4.92. The Morgan fingerprint density at radius 3 is 2.68 bits per heavy atom. The smallest absolute Gasteiger partial charge is 0.493 e. The number of hydrogen-bond acceptors (Lipinski definition) is 6. The van der Waals surface area contributed by atoms with E-state index in [1.807, 2.05) is 6.07 Å². The van der Waals surface area contributed by atoms with Crippen LogP contribution in [0, 0.1) is 17.2 Å². The minimum Gasteiger partial charge on any atom is -0.493 e. The van der Waals surface area contributed by atoms with Gasteiger partial charge in [-0.25, -0.2) is 4.79 Å². The van der Waals surface area contributed by atoms with Gasteiger partial charge in [-0.05, 0) is 49.5 Å². The number of amides is 1. The maximum absolute atomic E-state index is 12.5. The van der Waals surface area contributed by atoms with E-state index in [1.165, 1.54) is 25.7 Å². The van der Waals surface area contributed by atoms with Crippen LogP contribution in [0.2, 0.25) is 0 Å². The van der Waals surface area contributed by atoms with Gasteiger partial charge in [0.15, 0.2) is 11.5 Å². The quantitative estimate of drug-likeness (QED) is 0.345. The van der Waals surface area contributed by atoms with E-state index >= 15 is 0 Å². The van der Waals surface area contributed by atoms with Crippen LogP contribution in [0.4, 0.5) is 4.79 Å².